The SMILES string of the molecule is Cc1ccc(S(=O)(=O)NCCCC(=O)OCC(=O)NC2(C#N)CCCC2)cc1C. The van der Waals surface area contributed by atoms with Crippen LogP contribution in [-0.2, 0) is 24.3 Å². The van der Waals surface area contributed by atoms with Gasteiger partial charge in [0.15, 0.2) is 6.61 Å². The summed E-state index contributed by atoms with van der Waals surface area (Å²) in [7, 11) is -3.64. The molecule has 8 nitrogen and oxygen atoms in total. The highest BCUT2D eigenvalue weighted by Crippen LogP contribution is 2.28. The van der Waals surface area contributed by atoms with Gasteiger partial charge < -0.3 is 10.1 Å². The van der Waals surface area contributed by atoms with Gasteiger partial charge in [-0.25, -0.2) is 13.1 Å². The van der Waals surface area contributed by atoms with Crippen LogP contribution in [0.5, 0.6) is 0 Å². The summed E-state index contributed by atoms with van der Waals surface area (Å²) in [5, 5.41) is 11.9. The number of carbonyl (C=O) groups excluding carboxylic acids is 2. The number of carbonyl (C=O) groups is 2. The quantitative estimate of drug-likeness (QED) is 0.463. The molecule has 1 saturated carbocycles. The van der Waals surface area contributed by atoms with Gasteiger partial charge in [-0.05, 0) is 69.2 Å². The van der Waals surface area contributed by atoms with Gasteiger partial charge in [0, 0.05) is 13.0 Å². The molecule has 29 heavy (non-hydrogen) atoms. The molecule has 0 aliphatic heterocycles. The minimum absolute atomic E-state index is 0.0217. The van der Waals surface area contributed by atoms with Gasteiger partial charge in [-0.2, -0.15) is 5.26 Å². The number of nitrogens with one attached hydrogen (secondary N) is 2. The Kier molecular flexibility index (Phi) is 7.76. The second kappa shape index (κ2) is 9.85. The maximum absolute atomic E-state index is 12.3. The second-order valence-corrected chi connectivity index (χ2v) is 9.12. The number of hydrogen-bond donors (Lipinski definition) is 2. The molecule has 0 atom stereocenters. The predicted octanol–water partition coefficient (Wildman–Crippen LogP) is 1.86. The fourth-order valence-corrected chi connectivity index (χ4v) is 4.33. The summed E-state index contributed by atoms with van der Waals surface area (Å²) in [6.45, 7) is 3.37. The van der Waals surface area contributed by atoms with Gasteiger partial charge in [0.1, 0.15) is 5.54 Å². The standard InChI is InChI=1S/C20H27N3O5S/c1-15-7-8-17(12-16(15)2)29(26,27)22-11-5-6-19(25)28-13-18(24)23-20(14-21)9-3-4-10-20/h7-8,12,22H,3-6,9-11,13H2,1-2H3,(H,23,24). The molecule has 1 aromatic rings. The van der Waals surface area contributed by atoms with Crippen molar-refractivity contribution in [2.24, 2.45) is 0 Å². The molecule has 0 unspecified atom stereocenters. The van der Waals surface area contributed by atoms with Crippen LogP contribution in [0.3, 0.4) is 0 Å². The number of benzene rings is 1. The van der Waals surface area contributed by atoms with E-state index in [0.717, 1.165) is 24.0 Å². The van der Waals surface area contributed by atoms with E-state index in [1.807, 2.05) is 13.8 Å². The number of nitrogens with zero attached hydrogens (tertiary/aromatic N) is 1. The second-order valence-electron chi connectivity index (χ2n) is 7.36. The van der Waals surface area contributed by atoms with Gasteiger partial charge in [-0.1, -0.05) is 6.07 Å². The summed E-state index contributed by atoms with van der Waals surface area (Å²) < 4.78 is 31.9. The first kappa shape index (κ1) is 22.8. The van der Waals surface area contributed by atoms with Crippen molar-refractivity contribution in [1.82, 2.24) is 10.0 Å². The van der Waals surface area contributed by atoms with Crippen LogP contribution in [0.25, 0.3) is 0 Å². The molecule has 2 N–H and O–H groups in total. The molecular formula is C20H27N3O5S. The van der Waals surface area contributed by atoms with E-state index in [0.29, 0.717) is 12.8 Å². The van der Waals surface area contributed by atoms with Crippen LogP contribution in [0.4, 0.5) is 0 Å². The van der Waals surface area contributed by atoms with E-state index in [9.17, 15) is 23.3 Å². The van der Waals surface area contributed by atoms with Gasteiger partial charge in [0.05, 0.1) is 11.0 Å². The monoisotopic (exact) mass is 421 g/mol. The Balaban J connectivity index is 1.69. The summed E-state index contributed by atoms with van der Waals surface area (Å²) >= 11 is 0. The van der Waals surface area contributed by atoms with Crippen LogP contribution < -0.4 is 10.0 Å². The largest absolute Gasteiger partial charge is 0.456 e. The molecular weight excluding hydrogens is 394 g/mol. The van der Waals surface area contributed by atoms with E-state index in [2.05, 4.69) is 16.1 Å². The Hall–Kier alpha value is -2.44. The molecule has 0 spiro atoms. The summed E-state index contributed by atoms with van der Waals surface area (Å²) in [5.74, 6) is -1.10. The van der Waals surface area contributed by atoms with Crippen LogP contribution in [0, 0.1) is 25.2 Å². The summed E-state index contributed by atoms with van der Waals surface area (Å²) in [6, 6.07) is 7.02. The van der Waals surface area contributed by atoms with Gasteiger partial charge >= 0.3 is 5.97 Å². The number of sulfonamides is 1. The lowest BCUT2D eigenvalue weighted by Crippen LogP contribution is -2.46. The topological polar surface area (TPSA) is 125 Å². The third kappa shape index (κ3) is 6.54. The normalized spacial score (nSPS) is 15.5. The molecule has 0 heterocycles. The average molecular weight is 422 g/mol. The molecule has 0 saturated heterocycles. The fraction of sp³-hybridized carbons (Fsp3) is 0.550. The van der Waals surface area contributed by atoms with Crippen molar-refractivity contribution in [2.45, 2.75) is 62.8 Å². The number of ether oxygens (including phenoxy) is 1. The highest BCUT2D eigenvalue weighted by atomic mass is 32.2. The third-order valence-corrected chi connectivity index (χ3v) is 6.51. The van der Waals surface area contributed by atoms with Gasteiger partial charge in [-0.15, -0.1) is 0 Å². The van der Waals surface area contributed by atoms with Crippen molar-refractivity contribution in [3.8, 4) is 6.07 Å². The number of aryl methyl sites for hydroxylation is 2. The van der Waals surface area contributed by atoms with Gasteiger partial charge in [0.25, 0.3) is 5.91 Å². The van der Waals surface area contributed by atoms with Crippen LogP contribution >= 0.6 is 0 Å². The van der Waals surface area contributed by atoms with Crippen molar-refractivity contribution in [2.75, 3.05) is 13.2 Å². The van der Waals surface area contributed by atoms with Crippen LogP contribution in [0.1, 0.15) is 49.7 Å². The Morgan fingerprint density at radius 1 is 1.21 bits per heavy atom. The fourth-order valence-electron chi connectivity index (χ4n) is 3.17. The van der Waals surface area contributed by atoms with Crippen molar-refractivity contribution < 1.29 is 22.7 Å². The first-order valence-corrected chi connectivity index (χ1v) is 11.1. The molecule has 1 amide bonds. The number of amides is 1. The summed E-state index contributed by atoms with van der Waals surface area (Å²) in [5.41, 5.74) is 1.03. The minimum Gasteiger partial charge on any atom is -0.456 e. The average Bonchev–Trinajstić information content (AvgIpc) is 3.14. The lowest BCUT2D eigenvalue weighted by Gasteiger charge is -2.21. The van der Waals surface area contributed by atoms with E-state index < -0.39 is 34.0 Å². The first-order valence-electron chi connectivity index (χ1n) is 9.62. The zero-order valence-electron chi connectivity index (χ0n) is 16.8. The highest BCUT2D eigenvalue weighted by molar-refractivity contribution is 7.89. The van der Waals surface area contributed by atoms with E-state index >= 15 is 0 Å². The molecule has 0 bridgehead atoms. The number of nitriles is 1. The van der Waals surface area contributed by atoms with Crippen molar-refractivity contribution in [3.05, 3.63) is 29.3 Å². The van der Waals surface area contributed by atoms with E-state index in [1.165, 1.54) is 6.07 Å². The Labute approximate surface area is 171 Å². The van der Waals surface area contributed by atoms with Crippen molar-refractivity contribution in [1.29, 1.82) is 5.26 Å². The zero-order chi connectivity index (χ0) is 21.5. The Morgan fingerprint density at radius 3 is 2.52 bits per heavy atom. The number of hydrogen-bond acceptors (Lipinski definition) is 6. The van der Waals surface area contributed by atoms with E-state index in [4.69, 9.17) is 4.74 Å². The number of rotatable bonds is 9. The molecule has 1 aliphatic rings. The summed E-state index contributed by atoms with van der Waals surface area (Å²) in [4.78, 5) is 23.9. The number of esters is 1. The lowest BCUT2D eigenvalue weighted by atomic mass is 10.00. The molecule has 2 rings (SSSR count). The molecule has 1 aromatic carbocycles. The van der Waals surface area contributed by atoms with Crippen molar-refractivity contribution in [3.63, 3.8) is 0 Å². The minimum atomic E-state index is -3.64. The highest BCUT2D eigenvalue weighted by Gasteiger charge is 2.35. The zero-order valence-corrected chi connectivity index (χ0v) is 17.6. The maximum Gasteiger partial charge on any atom is 0.306 e. The van der Waals surface area contributed by atoms with Crippen molar-refractivity contribution >= 4 is 21.9 Å². The molecule has 9 heteroatoms. The molecule has 158 valence electrons. The van der Waals surface area contributed by atoms with E-state index in [-0.39, 0.29) is 24.3 Å². The predicted molar refractivity (Wildman–Crippen MR) is 106 cm³/mol. The van der Waals surface area contributed by atoms with Crippen LogP contribution in [-0.4, -0.2) is 39.0 Å². The van der Waals surface area contributed by atoms with Gasteiger partial charge in [0.2, 0.25) is 10.0 Å². The maximum atomic E-state index is 12.3. The smallest absolute Gasteiger partial charge is 0.306 e. The van der Waals surface area contributed by atoms with Gasteiger partial charge in [-0.3, -0.25) is 9.59 Å². The Morgan fingerprint density at radius 2 is 1.90 bits per heavy atom. The lowest BCUT2D eigenvalue weighted by molar-refractivity contribution is -0.149. The summed E-state index contributed by atoms with van der Waals surface area (Å²) in [6.07, 6.45) is 3.18. The molecule has 1 aliphatic carbocycles. The molecule has 0 aromatic heterocycles. The Bertz CT molecular complexity index is 899. The third-order valence-electron chi connectivity index (χ3n) is 5.05. The molecule has 1 fully saturated rings. The first-order chi connectivity index (χ1) is 13.7. The van der Waals surface area contributed by atoms with Crippen LogP contribution in [0.15, 0.2) is 23.1 Å². The van der Waals surface area contributed by atoms with Crippen LogP contribution in [0.2, 0.25) is 0 Å². The molecule has 0 radical (unpaired) electrons. The van der Waals surface area contributed by atoms with E-state index in [1.54, 1.807) is 12.1 Å².